The second-order valence-corrected chi connectivity index (χ2v) is 6.40. The summed E-state index contributed by atoms with van der Waals surface area (Å²) in [5.41, 5.74) is 2.11. The summed E-state index contributed by atoms with van der Waals surface area (Å²) in [6.45, 7) is 0.624. The van der Waals surface area contributed by atoms with E-state index in [1.54, 1.807) is 36.5 Å². The van der Waals surface area contributed by atoms with E-state index in [1.165, 1.54) is 14.2 Å². The van der Waals surface area contributed by atoms with Gasteiger partial charge in [0.15, 0.2) is 0 Å². The van der Waals surface area contributed by atoms with E-state index in [1.807, 2.05) is 24.3 Å². The van der Waals surface area contributed by atoms with E-state index in [0.717, 1.165) is 5.56 Å². The molecule has 7 heteroatoms. The van der Waals surface area contributed by atoms with Crippen LogP contribution in [0.1, 0.15) is 15.9 Å². The second kappa shape index (κ2) is 9.10. The predicted molar refractivity (Wildman–Crippen MR) is 111 cm³/mol. The number of nitrogens with one attached hydrogen (secondary N) is 2. The first kappa shape index (κ1) is 19.5. The van der Waals surface area contributed by atoms with Gasteiger partial charge < -0.3 is 20.1 Å². The summed E-state index contributed by atoms with van der Waals surface area (Å²) in [4.78, 5) is 16.8. The van der Waals surface area contributed by atoms with Crippen LogP contribution < -0.4 is 20.1 Å². The monoisotopic (exact) mass is 397 g/mol. The topological polar surface area (TPSA) is 72.5 Å². The number of hydrogen-bond acceptors (Lipinski definition) is 5. The minimum atomic E-state index is -0.277. The van der Waals surface area contributed by atoms with Crippen molar-refractivity contribution in [3.05, 3.63) is 76.9 Å². The van der Waals surface area contributed by atoms with Gasteiger partial charge in [-0.25, -0.2) is 4.98 Å². The van der Waals surface area contributed by atoms with Crippen LogP contribution in [0.4, 0.5) is 11.5 Å². The van der Waals surface area contributed by atoms with Crippen molar-refractivity contribution in [1.29, 1.82) is 0 Å². The zero-order chi connectivity index (χ0) is 19.9. The van der Waals surface area contributed by atoms with Crippen molar-refractivity contribution in [2.45, 2.75) is 6.54 Å². The van der Waals surface area contributed by atoms with Gasteiger partial charge in [-0.2, -0.15) is 0 Å². The van der Waals surface area contributed by atoms with Crippen molar-refractivity contribution in [1.82, 2.24) is 4.98 Å². The zero-order valence-corrected chi connectivity index (χ0v) is 16.3. The van der Waals surface area contributed by atoms with Crippen LogP contribution in [-0.2, 0) is 6.54 Å². The summed E-state index contributed by atoms with van der Waals surface area (Å²) < 4.78 is 10.4. The van der Waals surface area contributed by atoms with Crippen LogP contribution >= 0.6 is 11.6 Å². The highest BCUT2D eigenvalue weighted by atomic mass is 35.5. The SMILES string of the molecule is COc1cc(OC)cc(C(=O)Nc2ccc(NCc3ccc(Cl)cc3)nc2)c1. The Kier molecular flexibility index (Phi) is 6.34. The number of ether oxygens (including phenoxy) is 2. The molecule has 0 atom stereocenters. The molecule has 3 aromatic rings. The Morgan fingerprint density at radius 1 is 1.00 bits per heavy atom. The van der Waals surface area contributed by atoms with Gasteiger partial charge >= 0.3 is 0 Å². The highest BCUT2D eigenvalue weighted by Crippen LogP contribution is 2.23. The van der Waals surface area contributed by atoms with Crippen molar-refractivity contribution in [3.8, 4) is 11.5 Å². The van der Waals surface area contributed by atoms with Gasteiger partial charge in [0.1, 0.15) is 17.3 Å². The van der Waals surface area contributed by atoms with Crippen LogP contribution in [0.5, 0.6) is 11.5 Å². The number of methoxy groups -OCH3 is 2. The Bertz CT molecular complexity index is 922. The maximum atomic E-state index is 12.5. The number of amides is 1. The number of carbonyl (C=O) groups is 1. The van der Waals surface area contributed by atoms with Crippen LogP contribution in [-0.4, -0.2) is 25.1 Å². The Balaban J connectivity index is 1.62. The van der Waals surface area contributed by atoms with E-state index in [0.29, 0.717) is 40.1 Å². The number of anilines is 2. The third-order valence-corrected chi connectivity index (χ3v) is 4.27. The smallest absolute Gasteiger partial charge is 0.255 e. The van der Waals surface area contributed by atoms with Crippen molar-refractivity contribution in [2.75, 3.05) is 24.9 Å². The van der Waals surface area contributed by atoms with Crippen LogP contribution in [0.2, 0.25) is 5.02 Å². The second-order valence-electron chi connectivity index (χ2n) is 5.97. The van der Waals surface area contributed by atoms with Gasteiger partial charge in [0.2, 0.25) is 0 Å². The van der Waals surface area contributed by atoms with Crippen molar-refractivity contribution < 1.29 is 14.3 Å². The normalized spacial score (nSPS) is 10.2. The molecule has 6 nitrogen and oxygen atoms in total. The molecule has 0 fully saturated rings. The van der Waals surface area contributed by atoms with Gasteiger partial charge in [-0.1, -0.05) is 23.7 Å². The average molecular weight is 398 g/mol. The van der Waals surface area contributed by atoms with Crippen LogP contribution in [0.3, 0.4) is 0 Å². The van der Waals surface area contributed by atoms with E-state index >= 15 is 0 Å². The zero-order valence-electron chi connectivity index (χ0n) is 15.5. The van der Waals surface area contributed by atoms with Crippen LogP contribution in [0, 0.1) is 0 Å². The minimum absolute atomic E-state index is 0.277. The third-order valence-electron chi connectivity index (χ3n) is 4.02. The molecule has 1 amide bonds. The number of halogens is 1. The molecule has 2 N–H and O–H groups in total. The first-order chi connectivity index (χ1) is 13.6. The molecule has 0 saturated heterocycles. The standard InChI is InChI=1S/C21H20ClN3O3/c1-27-18-9-15(10-19(11-18)28-2)21(26)25-17-7-8-20(24-13-17)23-12-14-3-5-16(22)6-4-14/h3-11,13H,12H2,1-2H3,(H,23,24)(H,25,26). The molecule has 0 aliphatic carbocycles. The van der Waals surface area contributed by atoms with Gasteiger partial charge in [0.05, 0.1) is 26.1 Å². The highest BCUT2D eigenvalue weighted by Gasteiger charge is 2.10. The molecule has 0 saturated carbocycles. The summed E-state index contributed by atoms with van der Waals surface area (Å²) in [6.07, 6.45) is 1.60. The predicted octanol–water partition coefficient (Wildman–Crippen LogP) is 4.62. The van der Waals surface area contributed by atoms with E-state index in [2.05, 4.69) is 15.6 Å². The number of carbonyl (C=O) groups excluding carboxylic acids is 1. The van der Waals surface area contributed by atoms with E-state index in [-0.39, 0.29) is 5.91 Å². The summed E-state index contributed by atoms with van der Waals surface area (Å²) in [6, 6.07) is 16.2. The van der Waals surface area contributed by atoms with E-state index < -0.39 is 0 Å². The molecule has 2 aromatic carbocycles. The molecule has 0 aliphatic heterocycles. The van der Waals surface area contributed by atoms with Crippen molar-refractivity contribution >= 4 is 29.0 Å². The third kappa shape index (κ3) is 5.14. The molecule has 0 unspecified atom stereocenters. The number of rotatable bonds is 7. The summed E-state index contributed by atoms with van der Waals surface area (Å²) >= 11 is 5.88. The van der Waals surface area contributed by atoms with Crippen molar-refractivity contribution in [3.63, 3.8) is 0 Å². The summed E-state index contributed by atoms with van der Waals surface area (Å²) in [5, 5.41) is 6.74. The fourth-order valence-electron chi connectivity index (χ4n) is 2.51. The first-order valence-electron chi connectivity index (χ1n) is 8.56. The van der Waals surface area contributed by atoms with E-state index in [4.69, 9.17) is 21.1 Å². The lowest BCUT2D eigenvalue weighted by atomic mass is 10.2. The first-order valence-corrected chi connectivity index (χ1v) is 8.94. The summed E-state index contributed by atoms with van der Waals surface area (Å²) in [7, 11) is 3.08. The Hall–Kier alpha value is -3.25. The molecule has 0 bridgehead atoms. The van der Waals surface area contributed by atoms with Crippen molar-refractivity contribution in [2.24, 2.45) is 0 Å². The molecule has 0 aliphatic rings. The Morgan fingerprint density at radius 3 is 2.25 bits per heavy atom. The van der Waals surface area contributed by atoms with Crippen LogP contribution in [0.25, 0.3) is 0 Å². The summed E-state index contributed by atoms with van der Waals surface area (Å²) in [5.74, 6) is 1.52. The maximum absolute atomic E-state index is 12.5. The fourth-order valence-corrected chi connectivity index (χ4v) is 2.64. The van der Waals surface area contributed by atoms with Gasteiger partial charge in [0, 0.05) is 23.2 Å². The molecular formula is C21H20ClN3O3. The van der Waals surface area contributed by atoms with Gasteiger partial charge in [0.25, 0.3) is 5.91 Å². The lowest BCUT2D eigenvalue weighted by Crippen LogP contribution is -2.12. The molecule has 0 radical (unpaired) electrons. The number of hydrogen-bond donors (Lipinski definition) is 2. The molecule has 0 spiro atoms. The molecule has 3 rings (SSSR count). The van der Waals surface area contributed by atoms with Gasteiger partial charge in [-0.3, -0.25) is 4.79 Å². The largest absolute Gasteiger partial charge is 0.497 e. The number of benzene rings is 2. The van der Waals surface area contributed by atoms with E-state index in [9.17, 15) is 4.79 Å². The number of aromatic nitrogens is 1. The Labute approximate surface area is 168 Å². The maximum Gasteiger partial charge on any atom is 0.255 e. The number of nitrogens with zero attached hydrogens (tertiary/aromatic N) is 1. The molecular weight excluding hydrogens is 378 g/mol. The fraction of sp³-hybridized carbons (Fsp3) is 0.143. The quantitative estimate of drug-likeness (QED) is 0.608. The minimum Gasteiger partial charge on any atom is -0.497 e. The molecule has 1 heterocycles. The Morgan fingerprint density at radius 2 is 1.68 bits per heavy atom. The van der Waals surface area contributed by atoms with Gasteiger partial charge in [-0.15, -0.1) is 0 Å². The lowest BCUT2D eigenvalue weighted by Gasteiger charge is -2.10. The van der Waals surface area contributed by atoms with Crippen LogP contribution in [0.15, 0.2) is 60.8 Å². The van der Waals surface area contributed by atoms with Gasteiger partial charge in [-0.05, 0) is 42.0 Å². The molecule has 144 valence electrons. The number of pyridine rings is 1. The average Bonchev–Trinajstić information content (AvgIpc) is 2.74. The lowest BCUT2D eigenvalue weighted by molar-refractivity contribution is 0.102. The highest BCUT2D eigenvalue weighted by molar-refractivity contribution is 6.30. The molecule has 1 aromatic heterocycles. The molecule has 28 heavy (non-hydrogen) atoms.